The Hall–Kier alpha value is -4.54. The maximum atomic E-state index is 15.4. The molecule has 1 unspecified atom stereocenters. The lowest BCUT2D eigenvalue weighted by Gasteiger charge is -2.39. The van der Waals surface area contributed by atoms with Gasteiger partial charge in [-0.15, -0.1) is 0 Å². The van der Waals surface area contributed by atoms with Crippen LogP contribution in [0.2, 0.25) is 0 Å². The molecule has 2 aliphatic rings. The standard InChI is InChI=1S/C31H33FN6O4/c1-16(2)25-27(17(3)10-11-33-25)38-29-22(28(35-30(38)40)37-13-12-36(31(41)42)15-18(37)4)14-21(19-8-9-19)26(34-29)20-6-5-7-23(39)24(20)32/h5-7,10-11,14,16,18-19,39H,8-9,12-13,15H2,1-4H3,(H,41,42). The van der Waals surface area contributed by atoms with Gasteiger partial charge in [0.1, 0.15) is 5.82 Å². The molecule has 10 nitrogen and oxygen atoms in total. The quantitative estimate of drug-likeness (QED) is 0.335. The Morgan fingerprint density at radius 2 is 1.90 bits per heavy atom. The number of aromatic hydroxyl groups is 1. The average molecular weight is 573 g/mol. The highest BCUT2D eigenvalue weighted by Gasteiger charge is 2.34. The van der Waals surface area contributed by atoms with Crippen molar-refractivity contribution in [3.8, 4) is 22.7 Å². The fourth-order valence-corrected chi connectivity index (χ4v) is 5.92. The summed E-state index contributed by atoms with van der Waals surface area (Å²) in [6.07, 6.45) is 2.55. The molecule has 0 bridgehead atoms. The van der Waals surface area contributed by atoms with Crippen LogP contribution in [0.15, 0.2) is 41.3 Å². The van der Waals surface area contributed by atoms with Gasteiger partial charge in [-0.05, 0) is 73.9 Å². The Kier molecular flexibility index (Phi) is 6.83. The zero-order valence-corrected chi connectivity index (χ0v) is 24.0. The van der Waals surface area contributed by atoms with E-state index in [2.05, 4.69) is 9.97 Å². The molecule has 1 aliphatic heterocycles. The minimum absolute atomic E-state index is 0.0145. The molecule has 11 heteroatoms. The summed E-state index contributed by atoms with van der Waals surface area (Å²) in [4.78, 5) is 43.2. The molecule has 1 aliphatic carbocycles. The molecule has 1 saturated heterocycles. The van der Waals surface area contributed by atoms with Crippen molar-refractivity contribution in [3.05, 3.63) is 69.7 Å². The second kappa shape index (κ2) is 10.4. The summed E-state index contributed by atoms with van der Waals surface area (Å²) in [5, 5.41) is 20.4. The Labute approximate surface area is 242 Å². The van der Waals surface area contributed by atoms with Crippen molar-refractivity contribution in [2.24, 2.45) is 0 Å². The predicted molar refractivity (Wildman–Crippen MR) is 157 cm³/mol. The monoisotopic (exact) mass is 572 g/mol. The van der Waals surface area contributed by atoms with Gasteiger partial charge < -0.3 is 20.0 Å². The van der Waals surface area contributed by atoms with E-state index in [0.717, 1.165) is 24.0 Å². The number of aryl methyl sites for hydroxylation is 1. The lowest BCUT2D eigenvalue weighted by molar-refractivity contribution is 0.136. The van der Waals surface area contributed by atoms with E-state index in [1.807, 2.05) is 44.7 Å². The van der Waals surface area contributed by atoms with Crippen LogP contribution in [-0.4, -0.2) is 66.4 Å². The molecule has 2 fully saturated rings. The number of rotatable bonds is 5. The molecule has 4 heterocycles. The zero-order chi connectivity index (χ0) is 29.9. The first-order valence-electron chi connectivity index (χ1n) is 14.2. The minimum atomic E-state index is -0.988. The van der Waals surface area contributed by atoms with Gasteiger partial charge in [0, 0.05) is 37.4 Å². The van der Waals surface area contributed by atoms with Gasteiger partial charge in [-0.3, -0.25) is 4.98 Å². The molecule has 0 radical (unpaired) electrons. The number of phenols is 1. The number of aromatic nitrogens is 4. The number of carbonyl (C=O) groups is 1. The van der Waals surface area contributed by atoms with E-state index in [0.29, 0.717) is 40.5 Å². The molecule has 3 aromatic heterocycles. The number of nitrogens with zero attached hydrogens (tertiary/aromatic N) is 6. The summed E-state index contributed by atoms with van der Waals surface area (Å²) < 4.78 is 16.8. The largest absolute Gasteiger partial charge is 0.505 e. The number of carboxylic acid groups (broad SMARTS) is 1. The van der Waals surface area contributed by atoms with E-state index in [1.165, 1.54) is 15.5 Å². The van der Waals surface area contributed by atoms with Crippen molar-refractivity contribution in [1.82, 2.24) is 24.4 Å². The highest BCUT2D eigenvalue weighted by molar-refractivity contribution is 5.92. The van der Waals surface area contributed by atoms with Crippen molar-refractivity contribution < 1.29 is 19.4 Å². The van der Waals surface area contributed by atoms with Crippen LogP contribution < -0.4 is 10.6 Å². The maximum absolute atomic E-state index is 15.4. The summed E-state index contributed by atoms with van der Waals surface area (Å²) in [7, 11) is 0. The SMILES string of the molecule is Cc1ccnc(C(C)C)c1-n1c(=O)nc(N2CCN(C(=O)O)CC2C)c2cc(C3CC3)c(-c3cccc(O)c3F)nc21. The molecule has 4 aromatic rings. The number of phenolic OH excluding ortho intramolecular Hbond substituents is 1. The molecular formula is C31H33FN6O4. The molecule has 2 N–H and O–H groups in total. The highest BCUT2D eigenvalue weighted by atomic mass is 19.1. The van der Waals surface area contributed by atoms with E-state index >= 15 is 4.39 Å². The van der Waals surface area contributed by atoms with E-state index in [4.69, 9.17) is 4.98 Å². The predicted octanol–water partition coefficient (Wildman–Crippen LogP) is 5.19. The minimum Gasteiger partial charge on any atom is -0.505 e. The molecule has 42 heavy (non-hydrogen) atoms. The first kappa shape index (κ1) is 27.6. The third-order valence-corrected chi connectivity index (χ3v) is 8.22. The van der Waals surface area contributed by atoms with Crippen LogP contribution in [-0.2, 0) is 0 Å². The number of anilines is 1. The Balaban J connectivity index is 1.69. The number of hydrogen-bond acceptors (Lipinski definition) is 7. The Bertz CT molecular complexity index is 1780. The van der Waals surface area contributed by atoms with Crippen molar-refractivity contribution >= 4 is 22.9 Å². The van der Waals surface area contributed by atoms with Crippen LogP contribution in [0.5, 0.6) is 5.75 Å². The number of fused-ring (bicyclic) bond motifs is 1. The van der Waals surface area contributed by atoms with Gasteiger partial charge in [-0.2, -0.15) is 4.98 Å². The van der Waals surface area contributed by atoms with Crippen LogP contribution in [0.25, 0.3) is 28.0 Å². The Morgan fingerprint density at radius 1 is 1.14 bits per heavy atom. The smallest absolute Gasteiger partial charge is 0.407 e. The number of piperazine rings is 1. The molecule has 1 aromatic carbocycles. The summed E-state index contributed by atoms with van der Waals surface area (Å²) in [6.45, 7) is 8.67. The summed E-state index contributed by atoms with van der Waals surface area (Å²) in [5.74, 6) is -0.680. The van der Waals surface area contributed by atoms with Gasteiger partial charge >= 0.3 is 11.8 Å². The van der Waals surface area contributed by atoms with E-state index in [-0.39, 0.29) is 36.5 Å². The van der Waals surface area contributed by atoms with Crippen molar-refractivity contribution in [2.45, 2.75) is 58.4 Å². The topological polar surface area (TPSA) is 125 Å². The van der Waals surface area contributed by atoms with Gasteiger partial charge in [0.2, 0.25) is 0 Å². The molecule has 0 spiro atoms. The lowest BCUT2D eigenvalue weighted by atomic mass is 9.99. The second-order valence-corrected chi connectivity index (χ2v) is 11.6. The fraction of sp³-hybridized carbons (Fsp3) is 0.387. The van der Waals surface area contributed by atoms with Gasteiger partial charge in [0.15, 0.2) is 17.2 Å². The van der Waals surface area contributed by atoms with Crippen LogP contribution >= 0.6 is 0 Å². The van der Waals surface area contributed by atoms with E-state index in [1.54, 1.807) is 18.3 Å². The van der Waals surface area contributed by atoms with Crippen molar-refractivity contribution in [1.29, 1.82) is 0 Å². The van der Waals surface area contributed by atoms with Crippen LogP contribution in [0.3, 0.4) is 0 Å². The third-order valence-electron chi connectivity index (χ3n) is 8.22. The molecule has 218 valence electrons. The second-order valence-electron chi connectivity index (χ2n) is 11.6. The van der Waals surface area contributed by atoms with Crippen LogP contribution in [0, 0.1) is 12.7 Å². The summed E-state index contributed by atoms with van der Waals surface area (Å²) >= 11 is 0. The molecule has 6 rings (SSSR count). The first-order chi connectivity index (χ1) is 20.1. The lowest BCUT2D eigenvalue weighted by Crippen LogP contribution is -2.54. The zero-order valence-electron chi connectivity index (χ0n) is 24.0. The van der Waals surface area contributed by atoms with Crippen LogP contribution in [0.4, 0.5) is 15.0 Å². The first-order valence-corrected chi connectivity index (χ1v) is 14.2. The third kappa shape index (κ3) is 4.62. The molecular weight excluding hydrogens is 539 g/mol. The number of hydrogen-bond donors (Lipinski definition) is 2. The highest BCUT2D eigenvalue weighted by Crippen LogP contribution is 2.46. The summed E-state index contributed by atoms with van der Waals surface area (Å²) in [5.41, 5.74) is 3.20. The summed E-state index contributed by atoms with van der Waals surface area (Å²) in [6, 6.07) is 7.98. The van der Waals surface area contributed by atoms with E-state index in [9.17, 15) is 19.8 Å². The number of benzene rings is 1. The number of halogens is 1. The van der Waals surface area contributed by atoms with Gasteiger partial charge in [0.25, 0.3) is 0 Å². The van der Waals surface area contributed by atoms with Crippen molar-refractivity contribution in [2.75, 3.05) is 24.5 Å². The average Bonchev–Trinajstić information content (AvgIpc) is 3.79. The normalized spacial score (nSPS) is 17.3. The number of pyridine rings is 2. The molecule has 1 atom stereocenters. The fourth-order valence-electron chi connectivity index (χ4n) is 5.92. The maximum Gasteiger partial charge on any atom is 0.407 e. The molecule has 1 amide bonds. The Morgan fingerprint density at radius 3 is 2.57 bits per heavy atom. The van der Waals surface area contributed by atoms with Gasteiger partial charge in [0.05, 0.1) is 22.5 Å². The van der Waals surface area contributed by atoms with Gasteiger partial charge in [-0.25, -0.2) is 23.5 Å². The van der Waals surface area contributed by atoms with Crippen LogP contribution in [0.1, 0.15) is 62.3 Å². The van der Waals surface area contributed by atoms with Crippen molar-refractivity contribution in [3.63, 3.8) is 0 Å². The molecule has 1 saturated carbocycles. The van der Waals surface area contributed by atoms with Gasteiger partial charge in [-0.1, -0.05) is 19.9 Å². The van der Waals surface area contributed by atoms with E-state index < -0.39 is 23.3 Å². The number of amides is 1.